The highest BCUT2D eigenvalue weighted by atomic mass is 16.5. The quantitative estimate of drug-likeness (QED) is 0.796. The highest BCUT2D eigenvalue weighted by Gasteiger charge is 2.26. The number of piperazine rings is 1. The van der Waals surface area contributed by atoms with Crippen molar-refractivity contribution in [3.05, 3.63) is 60.2 Å². The van der Waals surface area contributed by atoms with Crippen LogP contribution in [0.5, 0.6) is 5.75 Å². The molecule has 4 rings (SSSR count). The summed E-state index contributed by atoms with van der Waals surface area (Å²) in [5, 5.41) is 3.21. The largest absolute Gasteiger partial charge is 0.497 e. The van der Waals surface area contributed by atoms with Crippen molar-refractivity contribution in [1.82, 2.24) is 15.1 Å². The SMILES string of the molecule is COc1ccc([C@H](CNC(=O)N2CCN(c3ccccc3)CC2)N2CCCC2)cc1. The van der Waals surface area contributed by atoms with Crippen molar-refractivity contribution in [1.29, 1.82) is 0 Å². The maximum absolute atomic E-state index is 12.9. The summed E-state index contributed by atoms with van der Waals surface area (Å²) in [4.78, 5) is 19.6. The first kappa shape index (κ1) is 20.5. The van der Waals surface area contributed by atoms with Crippen LogP contribution < -0.4 is 15.0 Å². The lowest BCUT2D eigenvalue weighted by Gasteiger charge is -2.36. The van der Waals surface area contributed by atoms with Crippen LogP contribution in [-0.2, 0) is 0 Å². The van der Waals surface area contributed by atoms with Gasteiger partial charge in [0.2, 0.25) is 0 Å². The molecule has 0 aliphatic carbocycles. The number of carbonyl (C=O) groups excluding carboxylic acids is 1. The summed E-state index contributed by atoms with van der Waals surface area (Å²) in [6.07, 6.45) is 2.45. The number of nitrogens with one attached hydrogen (secondary N) is 1. The standard InChI is InChI=1S/C24H32N4O2/c1-30-22-11-9-20(10-12-22)23(27-13-5-6-14-27)19-25-24(29)28-17-15-26(16-18-28)21-7-3-2-4-8-21/h2-4,7-12,23H,5-6,13-19H2,1H3,(H,25,29)/t23-/m0/s1. The number of nitrogens with zero attached hydrogens (tertiary/aromatic N) is 3. The first-order chi connectivity index (χ1) is 14.7. The van der Waals surface area contributed by atoms with Gasteiger partial charge in [0.15, 0.2) is 0 Å². The Morgan fingerprint density at radius 1 is 0.933 bits per heavy atom. The molecule has 2 aromatic carbocycles. The molecule has 6 nitrogen and oxygen atoms in total. The summed E-state index contributed by atoms with van der Waals surface area (Å²) in [5.74, 6) is 0.860. The molecular weight excluding hydrogens is 376 g/mol. The molecule has 2 fully saturated rings. The number of ether oxygens (including phenoxy) is 1. The van der Waals surface area contributed by atoms with Gasteiger partial charge in [0.05, 0.1) is 13.2 Å². The molecule has 2 amide bonds. The van der Waals surface area contributed by atoms with Gasteiger partial charge < -0.3 is 19.9 Å². The van der Waals surface area contributed by atoms with Crippen molar-refractivity contribution in [3.8, 4) is 5.75 Å². The normalized spacial score (nSPS) is 18.3. The van der Waals surface area contributed by atoms with Crippen molar-refractivity contribution in [2.24, 2.45) is 0 Å². The summed E-state index contributed by atoms with van der Waals surface area (Å²) >= 11 is 0. The molecule has 30 heavy (non-hydrogen) atoms. The number of methoxy groups -OCH3 is 1. The van der Waals surface area contributed by atoms with Gasteiger partial charge in [-0.2, -0.15) is 0 Å². The van der Waals surface area contributed by atoms with Gasteiger partial charge in [-0.1, -0.05) is 30.3 Å². The number of hydrogen-bond donors (Lipinski definition) is 1. The van der Waals surface area contributed by atoms with Gasteiger partial charge in [-0.25, -0.2) is 4.79 Å². The molecule has 0 spiro atoms. The number of rotatable bonds is 6. The van der Waals surface area contributed by atoms with Crippen LogP contribution >= 0.6 is 0 Å². The zero-order valence-corrected chi connectivity index (χ0v) is 17.8. The number of amides is 2. The Kier molecular flexibility index (Phi) is 6.74. The van der Waals surface area contributed by atoms with Crippen LogP contribution in [0.15, 0.2) is 54.6 Å². The minimum absolute atomic E-state index is 0.0421. The van der Waals surface area contributed by atoms with Crippen LogP contribution in [0.25, 0.3) is 0 Å². The molecule has 1 N–H and O–H groups in total. The molecule has 160 valence electrons. The Balaban J connectivity index is 1.33. The molecule has 6 heteroatoms. The molecule has 0 unspecified atom stereocenters. The monoisotopic (exact) mass is 408 g/mol. The summed E-state index contributed by atoms with van der Waals surface area (Å²) < 4.78 is 5.30. The fraction of sp³-hybridized carbons (Fsp3) is 0.458. The van der Waals surface area contributed by atoms with Gasteiger partial charge in [-0.05, 0) is 55.8 Å². The molecule has 1 atom stereocenters. The van der Waals surface area contributed by atoms with E-state index in [9.17, 15) is 4.79 Å². The molecule has 2 aliphatic heterocycles. The van der Waals surface area contributed by atoms with Gasteiger partial charge in [-0.15, -0.1) is 0 Å². The number of likely N-dealkylation sites (tertiary alicyclic amines) is 1. The summed E-state index contributed by atoms with van der Waals surface area (Å²) in [5.41, 5.74) is 2.46. The lowest BCUT2D eigenvalue weighted by Crippen LogP contribution is -2.52. The smallest absolute Gasteiger partial charge is 0.317 e. The van der Waals surface area contributed by atoms with Crippen molar-refractivity contribution in [3.63, 3.8) is 0 Å². The highest BCUT2D eigenvalue weighted by molar-refractivity contribution is 5.74. The first-order valence-corrected chi connectivity index (χ1v) is 11.0. The molecule has 2 saturated heterocycles. The van der Waals surface area contributed by atoms with Crippen molar-refractivity contribution in [2.75, 3.05) is 57.8 Å². The van der Waals surface area contributed by atoms with Crippen LogP contribution in [0, 0.1) is 0 Å². The van der Waals surface area contributed by atoms with E-state index in [0.29, 0.717) is 6.54 Å². The van der Waals surface area contributed by atoms with Gasteiger partial charge in [0.1, 0.15) is 5.75 Å². The van der Waals surface area contributed by atoms with E-state index in [2.05, 4.69) is 51.5 Å². The second kappa shape index (κ2) is 9.85. The molecular formula is C24H32N4O2. The molecule has 0 aromatic heterocycles. The van der Waals surface area contributed by atoms with Crippen LogP contribution in [-0.4, -0.2) is 68.8 Å². The average Bonchev–Trinajstić information content (AvgIpc) is 3.35. The Morgan fingerprint density at radius 3 is 2.23 bits per heavy atom. The molecule has 2 heterocycles. The van der Waals surface area contributed by atoms with Gasteiger partial charge in [-0.3, -0.25) is 4.90 Å². The Hall–Kier alpha value is -2.73. The van der Waals surface area contributed by atoms with E-state index in [4.69, 9.17) is 4.74 Å². The van der Waals surface area contributed by atoms with Crippen LogP contribution in [0.2, 0.25) is 0 Å². The second-order valence-electron chi connectivity index (χ2n) is 8.03. The summed E-state index contributed by atoms with van der Waals surface area (Å²) in [7, 11) is 1.69. The van der Waals surface area contributed by atoms with Crippen LogP contribution in [0.4, 0.5) is 10.5 Å². The second-order valence-corrected chi connectivity index (χ2v) is 8.03. The van der Waals surface area contributed by atoms with E-state index >= 15 is 0 Å². The number of benzene rings is 2. The zero-order chi connectivity index (χ0) is 20.8. The molecule has 2 aliphatic rings. The molecule has 0 radical (unpaired) electrons. The molecule has 2 aromatic rings. The third-order valence-corrected chi connectivity index (χ3v) is 6.22. The van der Waals surface area contributed by atoms with Crippen LogP contribution in [0.3, 0.4) is 0 Å². The minimum Gasteiger partial charge on any atom is -0.497 e. The highest BCUT2D eigenvalue weighted by Crippen LogP contribution is 2.26. The van der Waals surface area contributed by atoms with E-state index in [1.54, 1.807) is 7.11 Å². The van der Waals surface area contributed by atoms with E-state index in [1.807, 2.05) is 23.1 Å². The van der Waals surface area contributed by atoms with E-state index in [0.717, 1.165) is 45.0 Å². The van der Waals surface area contributed by atoms with E-state index < -0.39 is 0 Å². The average molecular weight is 409 g/mol. The topological polar surface area (TPSA) is 48.1 Å². The van der Waals surface area contributed by atoms with Gasteiger partial charge in [0.25, 0.3) is 0 Å². The number of hydrogen-bond acceptors (Lipinski definition) is 4. The fourth-order valence-electron chi connectivity index (χ4n) is 4.44. The summed E-state index contributed by atoms with van der Waals surface area (Å²) in [6.45, 7) is 6.03. The van der Waals surface area contributed by atoms with Crippen molar-refractivity contribution in [2.45, 2.75) is 18.9 Å². The Bertz CT molecular complexity index is 798. The Labute approximate surface area is 179 Å². The third-order valence-electron chi connectivity index (χ3n) is 6.22. The first-order valence-electron chi connectivity index (χ1n) is 11.0. The van der Waals surface area contributed by atoms with Crippen molar-refractivity contribution >= 4 is 11.7 Å². The lowest BCUT2D eigenvalue weighted by atomic mass is 10.1. The number of anilines is 1. The number of para-hydroxylation sites is 1. The third kappa shape index (κ3) is 4.87. The fourth-order valence-corrected chi connectivity index (χ4v) is 4.44. The summed E-state index contributed by atoms with van der Waals surface area (Å²) in [6, 6.07) is 18.9. The minimum atomic E-state index is 0.0421. The van der Waals surface area contributed by atoms with Crippen LogP contribution in [0.1, 0.15) is 24.4 Å². The molecule has 0 bridgehead atoms. The maximum atomic E-state index is 12.9. The number of carbonyl (C=O) groups is 1. The predicted octanol–water partition coefficient (Wildman–Crippen LogP) is 3.36. The van der Waals surface area contributed by atoms with E-state index in [-0.39, 0.29) is 12.1 Å². The molecule has 0 saturated carbocycles. The predicted molar refractivity (Wildman–Crippen MR) is 120 cm³/mol. The lowest BCUT2D eigenvalue weighted by molar-refractivity contribution is 0.185. The van der Waals surface area contributed by atoms with Gasteiger partial charge >= 0.3 is 6.03 Å². The zero-order valence-electron chi connectivity index (χ0n) is 17.8. The number of urea groups is 1. The van der Waals surface area contributed by atoms with Gasteiger partial charge in [0, 0.05) is 38.4 Å². The Morgan fingerprint density at radius 2 is 1.60 bits per heavy atom. The van der Waals surface area contributed by atoms with E-state index in [1.165, 1.54) is 24.1 Å². The maximum Gasteiger partial charge on any atom is 0.317 e. The van der Waals surface area contributed by atoms with Crippen molar-refractivity contribution < 1.29 is 9.53 Å².